The van der Waals surface area contributed by atoms with Crippen LogP contribution in [0.5, 0.6) is 5.75 Å². The number of aromatic nitrogens is 1. The van der Waals surface area contributed by atoms with Crippen molar-refractivity contribution in [2.24, 2.45) is 0 Å². The summed E-state index contributed by atoms with van der Waals surface area (Å²) < 4.78 is 6.01. The average molecular weight is 233 g/mol. The number of hydrogen-bond donors (Lipinski definition) is 0. The first-order chi connectivity index (χ1) is 7.89. The van der Waals surface area contributed by atoms with E-state index in [2.05, 4.69) is 39.6 Å². The molecular weight excluding hydrogens is 210 g/mol. The van der Waals surface area contributed by atoms with Crippen molar-refractivity contribution in [3.05, 3.63) is 23.5 Å². The van der Waals surface area contributed by atoms with Gasteiger partial charge >= 0.3 is 0 Å². The Bertz CT molecular complexity index is 400. The van der Waals surface area contributed by atoms with Gasteiger partial charge in [0.2, 0.25) is 0 Å². The summed E-state index contributed by atoms with van der Waals surface area (Å²) in [5.74, 6) is 1.49. The molecular formula is C15H23NO. The zero-order valence-electron chi connectivity index (χ0n) is 11.6. The van der Waals surface area contributed by atoms with Crippen molar-refractivity contribution < 1.29 is 4.74 Å². The van der Waals surface area contributed by atoms with Gasteiger partial charge < -0.3 is 4.74 Å². The van der Waals surface area contributed by atoms with Crippen LogP contribution in [0.2, 0.25) is 0 Å². The second-order valence-electron chi connectivity index (χ2n) is 6.29. The first-order valence-electron chi connectivity index (χ1n) is 6.55. The van der Waals surface area contributed by atoms with Crippen molar-refractivity contribution in [3.63, 3.8) is 0 Å². The molecule has 0 aliphatic heterocycles. The van der Waals surface area contributed by atoms with Crippen LogP contribution in [0, 0.1) is 0 Å². The minimum atomic E-state index is 0.0719. The van der Waals surface area contributed by atoms with E-state index in [1.54, 1.807) is 0 Å². The van der Waals surface area contributed by atoms with Crippen molar-refractivity contribution in [2.75, 3.05) is 0 Å². The summed E-state index contributed by atoms with van der Waals surface area (Å²) in [5.41, 5.74) is 2.53. The molecule has 1 fully saturated rings. The molecule has 0 radical (unpaired) electrons. The third-order valence-electron chi connectivity index (χ3n) is 3.06. The maximum atomic E-state index is 6.01. The summed E-state index contributed by atoms with van der Waals surface area (Å²) in [6.45, 7) is 11.1. The Morgan fingerprint density at radius 1 is 1.29 bits per heavy atom. The fourth-order valence-corrected chi connectivity index (χ4v) is 2.08. The highest BCUT2D eigenvalue weighted by Gasteiger charge is 2.28. The molecule has 0 amide bonds. The smallest absolute Gasteiger partial charge is 0.126 e. The van der Waals surface area contributed by atoms with Gasteiger partial charge in [0, 0.05) is 17.2 Å². The van der Waals surface area contributed by atoms with Crippen LogP contribution in [0.1, 0.15) is 64.6 Å². The van der Waals surface area contributed by atoms with Crippen LogP contribution in [-0.2, 0) is 5.41 Å². The van der Waals surface area contributed by atoms with Gasteiger partial charge in [-0.05, 0) is 24.8 Å². The van der Waals surface area contributed by atoms with Crippen LogP contribution < -0.4 is 4.74 Å². The minimum Gasteiger partial charge on any atom is -0.490 e. The quantitative estimate of drug-likeness (QED) is 0.786. The highest BCUT2D eigenvalue weighted by atomic mass is 16.5. The van der Waals surface area contributed by atoms with E-state index in [1.165, 1.54) is 24.1 Å². The average Bonchev–Trinajstić information content (AvgIpc) is 2.99. The van der Waals surface area contributed by atoms with E-state index in [0.29, 0.717) is 12.0 Å². The van der Waals surface area contributed by atoms with Gasteiger partial charge in [-0.25, -0.2) is 0 Å². The highest BCUT2D eigenvalue weighted by molar-refractivity contribution is 5.41. The first kappa shape index (κ1) is 12.4. The van der Waals surface area contributed by atoms with Crippen LogP contribution >= 0.6 is 0 Å². The van der Waals surface area contributed by atoms with Crippen molar-refractivity contribution in [1.82, 2.24) is 4.98 Å². The molecule has 1 aromatic rings. The summed E-state index contributed by atoms with van der Waals surface area (Å²) in [7, 11) is 0. The summed E-state index contributed by atoms with van der Waals surface area (Å²) in [6, 6.07) is 2.02. The topological polar surface area (TPSA) is 22.1 Å². The molecule has 1 heterocycles. The van der Waals surface area contributed by atoms with E-state index in [1.807, 2.05) is 12.3 Å². The third-order valence-corrected chi connectivity index (χ3v) is 3.06. The summed E-state index contributed by atoms with van der Waals surface area (Å²) in [4.78, 5) is 4.58. The van der Waals surface area contributed by atoms with E-state index < -0.39 is 0 Å². The van der Waals surface area contributed by atoms with Crippen LogP contribution in [0.15, 0.2) is 12.3 Å². The fourth-order valence-electron chi connectivity index (χ4n) is 2.08. The minimum absolute atomic E-state index is 0.0719. The van der Waals surface area contributed by atoms with Gasteiger partial charge in [0.25, 0.3) is 0 Å². The van der Waals surface area contributed by atoms with Crippen molar-refractivity contribution in [1.29, 1.82) is 0 Å². The second kappa shape index (κ2) is 4.32. The molecule has 0 N–H and O–H groups in total. The number of pyridine rings is 1. The first-order valence-corrected chi connectivity index (χ1v) is 6.55. The predicted octanol–water partition coefficient (Wildman–Crippen LogP) is 4.04. The van der Waals surface area contributed by atoms with Gasteiger partial charge in [-0.2, -0.15) is 0 Å². The second-order valence-corrected chi connectivity index (χ2v) is 6.29. The lowest BCUT2D eigenvalue weighted by Gasteiger charge is -2.25. The van der Waals surface area contributed by atoms with E-state index in [4.69, 9.17) is 4.74 Å². The van der Waals surface area contributed by atoms with Gasteiger partial charge in [0.15, 0.2) is 0 Å². The van der Waals surface area contributed by atoms with Crippen molar-refractivity contribution in [3.8, 4) is 5.75 Å². The van der Waals surface area contributed by atoms with E-state index in [-0.39, 0.29) is 5.41 Å². The fraction of sp³-hybridized carbons (Fsp3) is 0.667. The molecule has 0 unspecified atom stereocenters. The Labute approximate surface area is 104 Å². The Hall–Kier alpha value is -1.05. The Balaban J connectivity index is 2.44. The highest BCUT2D eigenvalue weighted by Crippen LogP contribution is 2.37. The summed E-state index contributed by atoms with van der Waals surface area (Å²) in [6.07, 6.45) is 4.72. The van der Waals surface area contributed by atoms with Gasteiger partial charge in [0.1, 0.15) is 5.75 Å². The number of hydrogen-bond acceptors (Lipinski definition) is 2. The molecule has 0 spiro atoms. The van der Waals surface area contributed by atoms with Gasteiger partial charge in [0.05, 0.1) is 11.8 Å². The zero-order valence-corrected chi connectivity index (χ0v) is 11.6. The van der Waals surface area contributed by atoms with E-state index >= 15 is 0 Å². The maximum Gasteiger partial charge on any atom is 0.126 e. The van der Waals surface area contributed by atoms with Crippen molar-refractivity contribution in [2.45, 2.75) is 64.9 Å². The molecule has 0 aromatic carbocycles. The molecule has 1 aliphatic carbocycles. The molecule has 1 saturated carbocycles. The van der Waals surface area contributed by atoms with Crippen LogP contribution in [0.25, 0.3) is 0 Å². The third kappa shape index (κ3) is 2.80. The zero-order chi connectivity index (χ0) is 12.6. The molecule has 94 valence electrons. The standard InChI is InChI=1S/C15H23NO/c1-10(2)13-12(17-11-6-7-11)8-9-16-14(13)15(3,4)5/h8-11H,6-7H2,1-5H3. The molecule has 2 heteroatoms. The van der Waals surface area contributed by atoms with Gasteiger partial charge in [-0.1, -0.05) is 34.6 Å². The molecule has 1 aromatic heterocycles. The molecule has 2 nitrogen and oxygen atoms in total. The van der Waals surface area contributed by atoms with Gasteiger partial charge in [-0.15, -0.1) is 0 Å². The molecule has 0 saturated heterocycles. The predicted molar refractivity (Wildman–Crippen MR) is 70.7 cm³/mol. The molecule has 0 atom stereocenters. The number of rotatable bonds is 3. The lowest BCUT2D eigenvalue weighted by molar-refractivity contribution is 0.296. The lowest BCUT2D eigenvalue weighted by atomic mass is 9.84. The Kier molecular flexibility index (Phi) is 3.15. The Morgan fingerprint density at radius 2 is 1.94 bits per heavy atom. The van der Waals surface area contributed by atoms with Gasteiger partial charge in [-0.3, -0.25) is 4.98 Å². The maximum absolute atomic E-state index is 6.01. The van der Waals surface area contributed by atoms with E-state index in [0.717, 1.165) is 5.75 Å². The SMILES string of the molecule is CC(C)c1c(OC2CC2)ccnc1C(C)(C)C. The van der Waals surface area contributed by atoms with Crippen LogP contribution in [0.3, 0.4) is 0 Å². The van der Waals surface area contributed by atoms with Crippen LogP contribution in [-0.4, -0.2) is 11.1 Å². The van der Waals surface area contributed by atoms with E-state index in [9.17, 15) is 0 Å². The summed E-state index contributed by atoms with van der Waals surface area (Å²) in [5, 5.41) is 0. The molecule has 1 aliphatic rings. The largest absolute Gasteiger partial charge is 0.490 e. The normalized spacial score (nSPS) is 16.4. The summed E-state index contributed by atoms with van der Waals surface area (Å²) >= 11 is 0. The monoisotopic (exact) mass is 233 g/mol. The number of ether oxygens (including phenoxy) is 1. The number of nitrogens with zero attached hydrogens (tertiary/aromatic N) is 1. The molecule has 17 heavy (non-hydrogen) atoms. The van der Waals surface area contributed by atoms with Crippen LogP contribution in [0.4, 0.5) is 0 Å². The van der Waals surface area contributed by atoms with Crippen molar-refractivity contribution >= 4 is 0 Å². The molecule has 0 bridgehead atoms. The Morgan fingerprint density at radius 3 is 2.41 bits per heavy atom. The molecule has 2 rings (SSSR count). The lowest BCUT2D eigenvalue weighted by Crippen LogP contribution is -2.18.